The van der Waals surface area contributed by atoms with E-state index in [1.807, 2.05) is 25.6 Å². The van der Waals surface area contributed by atoms with Crippen LogP contribution in [0.3, 0.4) is 0 Å². The predicted molar refractivity (Wildman–Crippen MR) is 75.3 cm³/mol. The zero-order valence-electron chi connectivity index (χ0n) is 11.4. The van der Waals surface area contributed by atoms with Crippen LogP contribution < -0.4 is 0 Å². The lowest BCUT2D eigenvalue weighted by Crippen LogP contribution is -2.37. The molecule has 0 amide bonds. The summed E-state index contributed by atoms with van der Waals surface area (Å²) < 4.78 is 3.09. The molecular weight excluding hydrogens is 294 g/mol. The first-order valence-corrected chi connectivity index (χ1v) is 7.36. The molecule has 2 heterocycles. The van der Waals surface area contributed by atoms with Crippen molar-refractivity contribution in [2.24, 2.45) is 13.0 Å². The van der Waals surface area contributed by atoms with Crippen molar-refractivity contribution < 1.29 is 5.11 Å². The largest absolute Gasteiger partial charge is 0.393 e. The summed E-state index contributed by atoms with van der Waals surface area (Å²) in [5, 5.41) is 14.0. The van der Waals surface area contributed by atoms with Crippen LogP contribution >= 0.6 is 15.9 Å². The minimum absolute atomic E-state index is 0.169. The van der Waals surface area contributed by atoms with Crippen LogP contribution in [0.15, 0.2) is 4.47 Å². The Labute approximate surface area is 117 Å². The van der Waals surface area contributed by atoms with E-state index in [0.29, 0.717) is 5.92 Å². The minimum atomic E-state index is -0.169. The number of aliphatic hydroxyl groups excluding tert-OH is 1. The van der Waals surface area contributed by atoms with E-state index in [4.69, 9.17) is 0 Å². The Hall–Kier alpha value is -0.390. The SMILES string of the molecule is Cc1nn(C)c(CN2CCC(C(C)O)CC2)c1Br. The van der Waals surface area contributed by atoms with Crippen LogP contribution in [0.1, 0.15) is 31.2 Å². The molecule has 102 valence electrons. The van der Waals surface area contributed by atoms with Gasteiger partial charge in [0.15, 0.2) is 0 Å². The van der Waals surface area contributed by atoms with Gasteiger partial charge in [0.1, 0.15) is 0 Å². The van der Waals surface area contributed by atoms with Gasteiger partial charge in [-0.25, -0.2) is 0 Å². The van der Waals surface area contributed by atoms with Gasteiger partial charge in [-0.3, -0.25) is 9.58 Å². The molecule has 0 aromatic carbocycles. The van der Waals surface area contributed by atoms with E-state index in [-0.39, 0.29) is 6.10 Å². The lowest BCUT2D eigenvalue weighted by Gasteiger charge is -2.33. The molecule has 0 radical (unpaired) electrons. The first-order chi connectivity index (χ1) is 8.49. The molecule has 1 aliphatic rings. The van der Waals surface area contributed by atoms with E-state index < -0.39 is 0 Å². The van der Waals surface area contributed by atoms with Crippen molar-refractivity contribution in [2.75, 3.05) is 13.1 Å². The van der Waals surface area contributed by atoms with Crippen molar-refractivity contribution in [1.82, 2.24) is 14.7 Å². The highest BCUT2D eigenvalue weighted by molar-refractivity contribution is 9.10. The van der Waals surface area contributed by atoms with Crippen molar-refractivity contribution >= 4 is 15.9 Å². The zero-order chi connectivity index (χ0) is 13.3. The summed E-state index contributed by atoms with van der Waals surface area (Å²) >= 11 is 3.61. The Morgan fingerprint density at radius 2 is 2.06 bits per heavy atom. The lowest BCUT2D eigenvalue weighted by molar-refractivity contribution is 0.0687. The summed E-state index contributed by atoms with van der Waals surface area (Å²) in [6.07, 6.45) is 2.01. The fraction of sp³-hybridized carbons (Fsp3) is 0.769. The molecule has 1 atom stereocenters. The number of aliphatic hydroxyl groups is 1. The number of hydrogen-bond acceptors (Lipinski definition) is 3. The molecule has 0 bridgehead atoms. The van der Waals surface area contributed by atoms with Gasteiger partial charge < -0.3 is 5.11 Å². The number of rotatable bonds is 3. The number of likely N-dealkylation sites (tertiary alicyclic amines) is 1. The molecule has 1 aromatic rings. The molecule has 5 heteroatoms. The van der Waals surface area contributed by atoms with Gasteiger partial charge in [-0.05, 0) is 61.6 Å². The van der Waals surface area contributed by atoms with Gasteiger partial charge in [0, 0.05) is 13.6 Å². The van der Waals surface area contributed by atoms with Crippen LogP contribution in [0.25, 0.3) is 0 Å². The Bertz CT molecular complexity index is 409. The zero-order valence-corrected chi connectivity index (χ0v) is 12.9. The van der Waals surface area contributed by atoms with E-state index in [9.17, 15) is 5.11 Å². The predicted octanol–water partition coefficient (Wildman–Crippen LogP) is 2.08. The molecule has 1 aliphatic heterocycles. The number of aromatic nitrogens is 2. The molecule has 0 saturated carbocycles. The van der Waals surface area contributed by atoms with E-state index in [1.165, 1.54) is 5.69 Å². The second kappa shape index (κ2) is 5.72. The number of hydrogen-bond donors (Lipinski definition) is 1. The van der Waals surface area contributed by atoms with Crippen molar-refractivity contribution in [3.05, 3.63) is 15.9 Å². The highest BCUT2D eigenvalue weighted by Crippen LogP contribution is 2.25. The third-order valence-corrected chi connectivity index (χ3v) is 4.98. The van der Waals surface area contributed by atoms with Crippen LogP contribution in [0.5, 0.6) is 0 Å². The average Bonchev–Trinajstić information content (AvgIpc) is 2.57. The maximum atomic E-state index is 9.60. The molecule has 2 rings (SSSR count). The molecule has 0 spiro atoms. The first-order valence-electron chi connectivity index (χ1n) is 6.57. The van der Waals surface area contributed by atoms with Crippen LogP contribution in [-0.2, 0) is 13.6 Å². The van der Waals surface area contributed by atoms with Gasteiger partial charge in [-0.1, -0.05) is 0 Å². The summed E-state index contributed by atoms with van der Waals surface area (Å²) in [7, 11) is 2.00. The van der Waals surface area contributed by atoms with E-state index in [2.05, 4.69) is 25.9 Å². The van der Waals surface area contributed by atoms with Gasteiger partial charge in [0.2, 0.25) is 0 Å². The second-order valence-electron chi connectivity index (χ2n) is 5.32. The molecule has 1 N–H and O–H groups in total. The molecule has 1 aromatic heterocycles. The molecule has 1 fully saturated rings. The fourth-order valence-corrected chi connectivity index (χ4v) is 3.12. The van der Waals surface area contributed by atoms with E-state index in [0.717, 1.165) is 42.6 Å². The third-order valence-electron chi connectivity index (χ3n) is 3.95. The third kappa shape index (κ3) is 2.95. The molecular formula is C13H22BrN3O. The topological polar surface area (TPSA) is 41.3 Å². The maximum absolute atomic E-state index is 9.60. The van der Waals surface area contributed by atoms with Crippen molar-refractivity contribution in [3.8, 4) is 0 Å². The first kappa shape index (κ1) is 14.0. The maximum Gasteiger partial charge on any atom is 0.0739 e. The van der Waals surface area contributed by atoms with Gasteiger partial charge in [-0.15, -0.1) is 0 Å². The number of nitrogens with zero attached hydrogens (tertiary/aromatic N) is 3. The number of piperidine rings is 1. The Kier molecular flexibility index (Phi) is 4.45. The smallest absolute Gasteiger partial charge is 0.0739 e. The van der Waals surface area contributed by atoms with Crippen LogP contribution in [0.4, 0.5) is 0 Å². The molecule has 0 aliphatic carbocycles. The van der Waals surface area contributed by atoms with Gasteiger partial charge in [-0.2, -0.15) is 5.10 Å². The Morgan fingerprint density at radius 3 is 2.50 bits per heavy atom. The van der Waals surface area contributed by atoms with Gasteiger partial charge >= 0.3 is 0 Å². The molecule has 1 unspecified atom stereocenters. The fourth-order valence-electron chi connectivity index (χ4n) is 2.66. The van der Waals surface area contributed by atoms with Gasteiger partial charge in [0.05, 0.1) is 22.0 Å². The number of halogens is 1. The van der Waals surface area contributed by atoms with Crippen LogP contribution in [0.2, 0.25) is 0 Å². The normalized spacial score (nSPS) is 20.3. The highest BCUT2D eigenvalue weighted by atomic mass is 79.9. The van der Waals surface area contributed by atoms with Crippen molar-refractivity contribution in [2.45, 2.75) is 39.3 Å². The standard InChI is InChI=1S/C13H22BrN3O/c1-9-13(14)12(16(3)15-9)8-17-6-4-11(5-7-17)10(2)18/h10-11,18H,4-8H2,1-3H3. The molecule has 1 saturated heterocycles. The average molecular weight is 316 g/mol. The summed E-state index contributed by atoms with van der Waals surface area (Å²) in [4.78, 5) is 2.44. The number of aryl methyl sites for hydroxylation is 2. The summed E-state index contributed by atoms with van der Waals surface area (Å²) in [5.41, 5.74) is 2.29. The van der Waals surface area contributed by atoms with Crippen LogP contribution in [0, 0.1) is 12.8 Å². The van der Waals surface area contributed by atoms with Crippen molar-refractivity contribution in [1.29, 1.82) is 0 Å². The monoisotopic (exact) mass is 315 g/mol. The molecule has 4 nitrogen and oxygen atoms in total. The van der Waals surface area contributed by atoms with Crippen molar-refractivity contribution in [3.63, 3.8) is 0 Å². The van der Waals surface area contributed by atoms with Gasteiger partial charge in [0.25, 0.3) is 0 Å². The minimum Gasteiger partial charge on any atom is -0.393 e. The highest BCUT2D eigenvalue weighted by Gasteiger charge is 2.24. The summed E-state index contributed by atoms with van der Waals surface area (Å²) in [6, 6.07) is 0. The lowest BCUT2D eigenvalue weighted by atomic mass is 9.92. The van der Waals surface area contributed by atoms with E-state index in [1.54, 1.807) is 0 Å². The Balaban J connectivity index is 1.95. The molecule has 18 heavy (non-hydrogen) atoms. The summed E-state index contributed by atoms with van der Waals surface area (Å²) in [6.45, 7) is 6.98. The van der Waals surface area contributed by atoms with E-state index >= 15 is 0 Å². The van der Waals surface area contributed by atoms with Crippen LogP contribution in [-0.4, -0.2) is 39.0 Å². The quantitative estimate of drug-likeness (QED) is 0.928. The Morgan fingerprint density at radius 1 is 1.44 bits per heavy atom. The second-order valence-corrected chi connectivity index (χ2v) is 6.12. The summed E-state index contributed by atoms with van der Waals surface area (Å²) in [5.74, 6) is 0.470.